The lowest BCUT2D eigenvalue weighted by Gasteiger charge is -2.14. The molecule has 100 valence electrons. The zero-order chi connectivity index (χ0) is 14.0. The van der Waals surface area contributed by atoms with Gasteiger partial charge in [0.25, 0.3) is 0 Å². The van der Waals surface area contributed by atoms with Crippen molar-refractivity contribution >= 4 is 34.8 Å². The van der Waals surface area contributed by atoms with Crippen LogP contribution in [-0.2, 0) is 0 Å². The minimum absolute atomic E-state index is 0.175. The molecule has 1 heterocycles. The Hall–Kier alpha value is -1.16. The quantitative estimate of drug-likeness (QED) is 0.767. The molecule has 0 saturated heterocycles. The van der Waals surface area contributed by atoms with Crippen LogP contribution in [0.1, 0.15) is 0 Å². The molecule has 3 nitrogen and oxygen atoms in total. The molecular formula is C13H10Cl3NO2. The van der Waals surface area contributed by atoms with Crippen molar-refractivity contribution in [3.63, 3.8) is 0 Å². The van der Waals surface area contributed by atoms with Gasteiger partial charge in [-0.2, -0.15) is 0 Å². The van der Waals surface area contributed by atoms with E-state index in [9.17, 15) is 0 Å². The Balaban J connectivity index is 2.74. The summed E-state index contributed by atoms with van der Waals surface area (Å²) in [5.41, 5.74) is 1.10. The molecule has 0 saturated carbocycles. The SMILES string of the molecule is COc1cccc(OC)c1-c1nc(Cl)c(Cl)cc1Cl. The largest absolute Gasteiger partial charge is 0.496 e. The molecule has 6 heteroatoms. The average molecular weight is 319 g/mol. The van der Waals surface area contributed by atoms with Gasteiger partial charge < -0.3 is 9.47 Å². The lowest BCUT2D eigenvalue weighted by molar-refractivity contribution is 0.397. The number of methoxy groups -OCH3 is 2. The Morgan fingerprint density at radius 1 is 0.947 bits per heavy atom. The highest BCUT2D eigenvalue weighted by Gasteiger charge is 2.18. The van der Waals surface area contributed by atoms with Crippen LogP contribution in [0.3, 0.4) is 0 Å². The van der Waals surface area contributed by atoms with Gasteiger partial charge in [0.2, 0.25) is 0 Å². The highest BCUT2D eigenvalue weighted by Crippen LogP contribution is 2.42. The van der Waals surface area contributed by atoms with Gasteiger partial charge >= 0.3 is 0 Å². The average Bonchev–Trinajstić information content (AvgIpc) is 2.42. The zero-order valence-corrected chi connectivity index (χ0v) is 12.5. The predicted molar refractivity (Wildman–Crippen MR) is 77.8 cm³/mol. The van der Waals surface area contributed by atoms with E-state index in [-0.39, 0.29) is 5.15 Å². The van der Waals surface area contributed by atoms with E-state index < -0.39 is 0 Å². The van der Waals surface area contributed by atoms with Crippen molar-refractivity contribution < 1.29 is 9.47 Å². The number of benzene rings is 1. The molecule has 1 aromatic carbocycles. The first kappa shape index (κ1) is 14.3. The Morgan fingerprint density at radius 3 is 2.05 bits per heavy atom. The Bertz CT molecular complexity index is 595. The van der Waals surface area contributed by atoms with Crippen molar-refractivity contribution in [3.8, 4) is 22.8 Å². The molecule has 0 spiro atoms. The van der Waals surface area contributed by atoms with E-state index in [0.29, 0.717) is 32.8 Å². The number of pyridine rings is 1. The summed E-state index contributed by atoms with van der Waals surface area (Å²) in [6.07, 6.45) is 0. The van der Waals surface area contributed by atoms with E-state index in [2.05, 4.69) is 4.98 Å². The standard InChI is InChI=1S/C13H10Cl3NO2/c1-18-9-4-3-5-10(19-2)11(9)12-7(14)6-8(15)13(16)17-12/h3-6H,1-2H3. The molecule has 0 fully saturated rings. The number of hydrogen-bond acceptors (Lipinski definition) is 3. The van der Waals surface area contributed by atoms with E-state index in [4.69, 9.17) is 44.3 Å². The molecule has 0 radical (unpaired) electrons. The molecule has 0 N–H and O–H groups in total. The maximum absolute atomic E-state index is 6.18. The summed E-state index contributed by atoms with van der Waals surface area (Å²) < 4.78 is 10.6. The van der Waals surface area contributed by atoms with Crippen molar-refractivity contribution in [1.82, 2.24) is 4.98 Å². The number of ether oxygens (including phenoxy) is 2. The van der Waals surface area contributed by atoms with Crippen molar-refractivity contribution in [2.75, 3.05) is 14.2 Å². The fourth-order valence-electron chi connectivity index (χ4n) is 1.70. The highest BCUT2D eigenvalue weighted by atomic mass is 35.5. The van der Waals surface area contributed by atoms with Gasteiger partial charge in [-0.3, -0.25) is 0 Å². The molecule has 0 amide bonds. The molecule has 0 aliphatic carbocycles. The normalized spacial score (nSPS) is 10.4. The smallest absolute Gasteiger partial charge is 0.148 e. The van der Waals surface area contributed by atoms with Crippen LogP contribution >= 0.6 is 34.8 Å². The molecule has 19 heavy (non-hydrogen) atoms. The molecule has 0 aliphatic heterocycles. The van der Waals surface area contributed by atoms with Crippen LogP contribution < -0.4 is 9.47 Å². The molecule has 0 aliphatic rings. The van der Waals surface area contributed by atoms with Crippen molar-refractivity contribution in [1.29, 1.82) is 0 Å². The van der Waals surface area contributed by atoms with Gasteiger partial charge in [0.15, 0.2) is 0 Å². The second-order valence-electron chi connectivity index (χ2n) is 3.63. The molecular weight excluding hydrogens is 309 g/mol. The second-order valence-corrected chi connectivity index (χ2v) is 4.80. The Labute approximate surface area is 126 Å². The number of halogens is 3. The first-order valence-corrected chi connectivity index (χ1v) is 6.44. The summed E-state index contributed by atoms with van der Waals surface area (Å²) in [5.74, 6) is 1.18. The third-order valence-corrected chi connectivity index (χ3v) is 3.51. The minimum Gasteiger partial charge on any atom is -0.496 e. The first-order valence-electron chi connectivity index (χ1n) is 5.31. The zero-order valence-electron chi connectivity index (χ0n) is 10.2. The van der Waals surface area contributed by atoms with Gasteiger partial charge in [-0.05, 0) is 18.2 Å². The fourth-order valence-corrected chi connectivity index (χ4v) is 2.30. The first-order chi connectivity index (χ1) is 9.08. The summed E-state index contributed by atoms with van der Waals surface area (Å²) >= 11 is 18.0. The topological polar surface area (TPSA) is 31.4 Å². The summed E-state index contributed by atoms with van der Waals surface area (Å²) in [5, 5.41) is 0.843. The van der Waals surface area contributed by atoms with Crippen molar-refractivity contribution in [2.24, 2.45) is 0 Å². The summed E-state index contributed by atoms with van der Waals surface area (Å²) in [4.78, 5) is 4.20. The van der Waals surface area contributed by atoms with Gasteiger partial charge in [-0.15, -0.1) is 0 Å². The minimum atomic E-state index is 0.175. The monoisotopic (exact) mass is 317 g/mol. The molecule has 0 bridgehead atoms. The van der Waals surface area contributed by atoms with Gasteiger partial charge in [0.05, 0.1) is 35.5 Å². The van der Waals surface area contributed by atoms with E-state index in [0.717, 1.165) is 0 Å². The third kappa shape index (κ3) is 2.73. The van der Waals surface area contributed by atoms with Crippen LogP contribution in [-0.4, -0.2) is 19.2 Å². The molecule has 2 aromatic rings. The maximum Gasteiger partial charge on any atom is 0.148 e. The van der Waals surface area contributed by atoms with Gasteiger partial charge in [-0.1, -0.05) is 40.9 Å². The van der Waals surface area contributed by atoms with Crippen LogP contribution in [0.5, 0.6) is 11.5 Å². The van der Waals surface area contributed by atoms with Gasteiger partial charge in [-0.25, -0.2) is 4.98 Å². The van der Waals surface area contributed by atoms with Crippen molar-refractivity contribution in [3.05, 3.63) is 39.5 Å². The van der Waals surface area contributed by atoms with Crippen molar-refractivity contribution in [2.45, 2.75) is 0 Å². The van der Waals surface area contributed by atoms with Gasteiger partial charge in [0, 0.05) is 0 Å². The van der Waals surface area contributed by atoms with Crippen LogP contribution in [0.25, 0.3) is 11.3 Å². The number of hydrogen-bond donors (Lipinski definition) is 0. The number of nitrogens with zero attached hydrogens (tertiary/aromatic N) is 1. The van der Waals surface area contributed by atoms with E-state index in [1.54, 1.807) is 32.4 Å². The van der Waals surface area contributed by atoms with Crippen LogP contribution in [0.15, 0.2) is 24.3 Å². The second kappa shape index (κ2) is 5.87. The van der Waals surface area contributed by atoms with Crippen LogP contribution in [0.2, 0.25) is 15.2 Å². The van der Waals surface area contributed by atoms with Gasteiger partial charge in [0.1, 0.15) is 16.7 Å². The highest BCUT2D eigenvalue weighted by molar-refractivity contribution is 6.43. The number of aromatic nitrogens is 1. The predicted octanol–water partition coefficient (Wildman–Crippen LogP) is 4.73. The lowest BCUT2D eigenvalue weighted by atomic mass is 10.1. The Kier molecular flexibility index (Phi) is 4.40. The van der Waals surface area contributed by atoms with E-state index in [1.165, 1.54) is 0 Å². The Morgan fingerprint density at radius 2 is 1.53 bits per heavy atom. The number of rotatable bonds is 3. The summed E-state index contributed by atoms with van der Waals surface area (Å²) in [7, 11) is 3.12. The van der Waals surface area contributed by atoms with Crippen LogP contribution in [0.4, 0.5) is 0 Å². The van der Waals surface area contributed by atoms with E-state index >= 15 is 0 Å². The fraction of sp³-hybridized carbons (Fsp3) is 0.154. The lowest BCUT2D eigenvalue weighted by Crippen LogP contribution is -1.96. The molecule has 0 atom stereocenters. The molecule has 1 aromatic heterocycles. The third-order valence-electron chi connectivity index (χ3n) is 2.55. The summed E-state index contributed by atoms with van der Waals surface area (Å²) in [6.45, 7) is 0. The maximum atomic E-state index is 6.18. The molecule has 2 rings (SSSR count). The summed E-state index contributed by atoms with van der Waals surface area (Å²) in [6, 6.07) is 6.93. The van der Waals surface area contributed by atoms with E-state index in [1.807, 2.05) is 6.07 Å². The van der Waals surface area contributed by atoms with Crippen LogP contribution in [0, 0.1) is 0 Å². The molecule has 0 unspecified atom stereocenters.